The minimum absolute atomic E-state index is 0.0454. The van der Waals surface area contributed by atoms with E-state index in [0.29, 0.717) is 5.57 Å². The maximum Gasteiger partial charge on any atom is 0.130 e. The normalized spacial score (nSPS) is 11.8. The van der Waals surface area contributed by atoms with Gasteiger partial charge in [0.2, 0.25) is 0 Å². The Hall–Kier alpha value is -1.09. The van der Waals surface area contributed by atoms with Gasteiger partial charge in [-0.15, -0.1) is 0 Å². The van der Waals surface area contributed by atoms with Crippen LogP contribution in [0.5, 0.6) is 0 Å². The van der Waals surface area contributed by atoms with Gasteiger partial charge in [-0.3, -0.25) is 5.41 Å². The third-order valence-corrected chi connectivity index (χ3v) is 1.72. The zero-order valence-corrected chi connectivity index (χ0v) is 7.74. The molecule has 0 saturated heterocycles. The van der Waals surface area contributed by atoms with Gasteiger partial charge in [-0.1, -0.05) is 11.6 Å². The van der Waals surface area contributed by atoms with Crippen LogP contribution in [0.25, 0.3) is 6.08 Å². The van der Waals surface area contributed by atoms with E-state index < -0.39 is 0 Å². The minimum atomic E-state index is 0.0454. The lowest BCUT2D eigenvalue weighted by Crippen LogP contribution is -1.87. The average molecular weight is 184 g/mol. The van der Waals surface area contributed by atoms with Crippen LogP contribution >= 0.6 is 11.6 Å². The van der Waals surface area contributed by atoms with Crippen LogP contribution in [0.15, 0.2) is 11.8 Å². The smallest absolute Gasteiger partial charge is 0.130 e. The summed E-state index contributed by atoms with van der Waals surface area (Å²) in [5, 5.41) is 7.16. The van der Waals surface area contributed by atoms with Gasteiger partial charge in [0.1, 0.15) is 11.0 Å². The molecule has 0 atom stereocenters. The third kappa shape index (κ3) is 2.20. The first-order valence-corrected chi connectivity index (χ1v) is 3.91. The Morgan fingerprint density at radius 3 is 2.83 bits per heavy atom. The number of imidazole rings is 1. The minimum Gasteiger partial charge on any atom is -0.343 e. The van der Waals surface area contributed by atoms with E-state index in [1.54, 1.807) is 19.2 Å². The van der Waals surface area contributed by atoms with Crippen LogP contribution in [-0.4, -0.2) is 15.1 Å². The molecule has 0 aliphatic rings. The molecule has 1 aromatic rings. The van der Waals surface area contributed by atoms with Crippen molar-refractivity contribution in [3.05, 3.63) is 23.3 Å². The predicted octanol–water partition coefficient (Wildman–Crippen LogP) is 2.34. The molecule has 12 heavy (non-hydrogen) atoms. The average Bonchev–Trinajstić information content (AvgIpc) is 2.35. The fraction of sp³-hybridized carbons (Fsp3) is 0.250. The van der Waals surface area contributed by atoms with E-state index in [1.807, 2.05) is 6.92 Å². The highest BCUT2D eigenvalue weighted by Gasteiger charge is 1.97. The van der Waals surface area contributed by atoms with Crippen LogP contribution in [0.1, 0.15) is 18.4 Å². The van der Waals surface area contributed by atoms with E-state index in [0.717, 1.165) is 11.5 Å². The Bertz CT molecular complexity index is 325. The molecule has 4 heteroatoms. The third-order valence-electron chi connectivity index (χ3n) is 1.42. The summed E-state index contributed by atoms with van der Waals surface area (Å²) >= 11 is 5.46. The van der Waals surface area contributed by atoms with E-state index in [-0.39, 0.29) is 5.17 Å². The lowest BCUT2D eigenvalue weighted by Gasteiger charge is -1.91. The maximum absolute atomic E-state index is 7.11. The molecule has 1 rings (SSSR count). The van der Waals surface area contributed by atoms with Crippen molar-refractivity contribution in [2.24, 2.45) is 0 Å². The van der Waals surface area contributed by atoms with Gasteiger partial charge in [0.05, 0.1) is 0 Å². The molecule has 0 bridgehead atoms. The van der Waals surface area contributed by atoms with E-state index in [9.17, 15) is 0 Å². The van der Waals surface area contributed by atoms with Crippen LogP contribution in [0.3, 0.4) is 0 Å². The van der Waals surface area contributed by atoms with Gasteiger partial charge in [0, 0.05) is 11.9 Å². The molecular weight excluding hydrogens is 174 g/mol. The number of nitrogens with zero attached hydrogens (tertiary/aromatic N) is 1. The van der Waals surface area contributed by atoms with Gasteiger partial charge in [-0.2, -0.15) is 0 Å². The van der Waals surface area contributed by atoms with E-state index >= 15 is 0 Å². The van der Waals surface area contributed by atoms with Gasteiger partial charge in [0.25, 0.3) is 0 Å². The summed E-state index contributed by atoms with van der Waals surface area (Å²) in [4.78, 5) is 7.07. The van der Waals surface area contributed by atoms with Crippen molar-refractivity contribution >= 4 is 22.8 Å². The second-order valence-corrected chi connectivity index (χ2v) is 2.97. The fourth-order valence-electron chi connectivity index (χ4n) is 0.775. The molecule has 2 N–H and O–H groups in total. The van der Waals surface area contributed by atoms with Crippen LogP contribution in [0.4, 0.5) is 0 Å². The number of aromatic amines is 1. The van der Waals surface area contributed by atoms with E-state index in [4.69, 9.17) is 17.0 Å². The zero-order chi connectivity index (χ0) is 9.14. The SMILES string of the molecule is C/C(=C/c1ncc(C)[nH]1)C(=N)Cl. The quantitative estimate of drug-likeness (QED) is 0.680. The highest BCUT2D eigenvalue weighted by atomic mass is 35.5. The Labute approximate surface area is 76.0 Å². The summed E-state index contributed by atoms with van der Waals surface area (Å²) in [7, 11) is 0. The number of rotatable bonds is 2. The molecule has 0 fully saturated rings. The van der Waals surface area contributed by atoms with Gasteiger partial charge in [0.15, 0.2) is 0 Å². The Kier molecular flexibility index (Phi) is 2.65. The van der Waals surface area contributed by atoms with Crippen molar-refractivity contribution < 1.29 is 0 Å². The lowest BCUT2D eigenvalue weighted by atomic mass is 10.3. The van der Waals surface area contributed by atoms with Crippen molar-refractivity contribution in [3.8, 4) is 0 Å². The van der Waals surface area contributed by atoms with Crippen LogP contribution in [0.2, 0.25) is 0 Å². The molecule has 3 nitrogen and oxygen atoms in total. The number of halogens is 1. The van der Waals surface area contributed by atoms with Crippen molar-refractivity contribution in [2.75, 3.05) is 0 Å². The summed E-state index contributed by atoms with van der Waals surface area (Å²) < 4.78 is 0. The molecule has 0 saturated carbocycles. The van der Waals surface area contributed by atoms with Gasteiger partial charge in [-0.25, -0.2) is 4.98 Å². The van der Waals surface area contributed by atoms with E-state index in [2.05, 4.69) is 9.97 Å². The molecule has 64 valence electrons. The van der Waals surface area contributed by atoms with Crippen molar-refractivity contribution in [1.82, 2.24) is 9.97 Å². The molecule has 0 aliphatic carbocycles. The summed E-state index contributed by atoms with van der Waals surface area (Å²) in [6.07, 6.45) is 3.47. The first-order chi connectivity index (χ1) is 5.59. The summed E-state index contributed by atoms with van der Waals surface area (Å²) in [5.74, 6) is 0.732. The molecule has 0 amide bonds. The second kappa shape index (κ2) is 3.54. The van der Waals surface area contributed by atoms with Crippen LogP contribution in [-0.2, 0) is 0 Å². The molecule has 0 spiro atoms. The fourth-order valence-corrected chi connectivity index (χ4v) is 0.829. The second-order valence-electron chi connectivity index (χ2n) is 2.59. The van der Waals surface area contributed by atoms with Crippen molar-refractivity contribution in [3.63, 3.8) is 0 Å². The molecule has 0 radical (unpaired) electrons. The summed E-state index contributed by atoms with van der Waals surface area (Å²) in [6, 6.07) is 0. The first-order valence-electron chi connectivity index (χ1n) is 3.54. The summed E-state index contributed by atoms with van der Waals surface area (Å²) in [5.41, 5.74) is 1.70. The number of H-pyrrole nitrogens is 1. The van der Waals surface area contributed by atoms with Crippen molar-refractivity contribution in [2.45, 2.75) is 13.8 Å². The predicted molar refractivity (Wildman–Crippen MR) is 50.6 cm³/mol. The van der Waals surface area contributed by atoms with Gasteiger partial charge in [-0.05, 0) is 25.5 Å². The van der Waals surface area contributed by atoms with Crippen LogP contribution in [0, 0.1) is 12.3 Å². The number of aromatic nitrogens is 2. The van der Waals surface area contributed by atoms with E-state index in [1.165, 1.54) is 0 Å². The first kappa shape index (κ1) is 9.00. The zero-order valence-electron chi connectivity index (χ0n) is 6.98. The highest BCUT2D eigenvalue weighted by molar-refractivity contribution is 6.69. The van der Waals surface area contributed by atoms with Crippen molar-refractivity contribution in [1.29, 1.82) is 5.41 Å². The molecule has 1 heterocycles. The number of hydrogen-bond donors (Lipinski definition) is 2. The topological polar surface area (TPSA) is 52.5 Å². The molecular formula is C8H10ClN3. The molecule has 0 aliphatic heterocycles. The van der Waals surface area contributed by atoms with Crippen LogP contribution < -0.4 is 0 Å². The molecule has 1 aromatic heterocycles. The Balaban J connectivity index is 2.87. The number of hydrogen-bond acceptors (Lipinski definition) is 2. The standard InChI is InChI=1S/C8H10ClN3/c1-5(8(9)10)3-7-11-4-6(2)12-7/h3-4,10H,1-2H3,(H,11,12)/b5-3-,10-8?. The monoisotopic (exact) mass is 183 g/mol. The highest BCUT2D eigenvalue weighted by Crippen LogP contribution is 2.05. The maximum atomic E-state index is 7.11. The summed E-state index contributed by atoms with van der Waals surface area (Å²) in [6.45, 7) is 3.69. The molecule has 0 unspecified atom stereocenters. The number of aryl methyl sites for hydroxylation is 1. The Morgan fingerprint density at radius 2 is 2.42 bits per heavy atom. The van der Waals surface area contributed by atoms with Gasteiger partial charge >= 0.3 is 0 Å². The Morgan fingerprint density at radius 1 is 1.75 bits per heavy atom. The largest absolute Gasteiger partial charge is 0.343 e. The number of allylic oxidation sites excluding steroid dienone is 1. The molecule has 0 aromatic carbocycles. The lowest BCUT2D eigenvalue weighted by molar-refractivity contribution is 1.22. The number of nitrogens with one attached hydrogen (secondary N) is 2. The van der Waals surface area contributed by atoms with Gasteiger partial charge < -0.3 is 4.98 Å².